The van der Waals surface area contributed by atoms with Crippen LogP contribution in [0.25, 0.3) is 0 Å². The lowest BCUT2D eigenvalue weighted by Gasteiger charge is -2.09. The largest absolute Gasteiger partial charge is 0.383 e. The van der Waals surface area contributed by atoms with Gasteiger partial charge in [0.05, 0.1) is 13.2 Å². The second kappa shape index (κ2) is 8.60. The number of hydrogen-bond acceptors (Lipinski definition) is 3. The molecule has 1 aromatic rings. The van der Waals surface area contributed by atoms with Gasteiger partial charge in [0, 0.05) is 32.9 Å². The molecule has 7 heteroatoms. The maximum absolute atomic E-state index is 12.3. The molecule has 0 radical (unpaired) electrons. The van der Waals surface area contributed by atoms with Crippen LogP contribution in [-0.4, -0.2) is 50.3 Å². The van der Waals surface area contributed by atoms with E-state index in [0.29, 0.717) is 26.2 Å². The summed E-state index contributed by atoms with van der Waals surface area (Å²) in [4.78, 5) is 11.8. The second-order valence-corrected chi connectivity index (χ2v) is 3.94. The number of nitrogens with zero attached hydrogens (tertiary/aromatic N) is 1. The predicted octanol–water partition coefficient (Wildman–Crippen LogP) is 0.719. The minimum atomic E-state index is -2.48. The van der Waals surface area contributed by atoms with E-state index >= 15 is 0 Å². The number of carbonyl (C=O) groups excluding carboxylic acids is 1. The molecule has 0 aromatic carbocycles. The lowest BCUT2D eigenvalue weighted by atomic mass is 10.4. The van der Waals surface area contributed by atoms with E-state index in [1.54, 1.807) is 13.2 Å². The highest BCUT2D eigenvalue weighted by molar-refractivity contribution is 5.92. The molecule has 0 spiro atoms. The van der Waals surface area contributed by atoms with Crippen LogP contribution in [0.4, 0.5) is 8.78 Å². The number of hydrogen-bond donors (Lipinski definition) is 2. The van der Waals surface area contributed by atoms with Crippen LogP contribution >= 0.6 is 0 Å². The number of ether oxygens (including phenoxy) is 1. The van der Waals surface area contributed by atoms with Gasteiger partial charge in [-0.3, -0.25) is 4.79 Å². The van der Waals surface area contributed by atoms with Crippen molar-refractivity contribution in [3.63, 3.8) is 0 Å². The normalized spacial score (nSPS) is 10.9. The van der Waals surface area contributed by atoms with E-state index in [4.69, 9.17) is 4.74 Å². The number of carbonyl (C=O) groups is 1. The van der Waals surface area contributed by atoms with Crippen molar-refractivity contribution in [3.8, 4) is 0 Å². The van der Waals surface area contributed by atoms with Crippen molar-refractivity contribution in [2.75, 3.05) is 33.4 Å². The first-order valence-corrected chi connectivity index (χ1v) is 6.06. The Labute approximate surface area is 110 Å². The fourth-order valence-corrected chi connectivity index (χ4v) is 1.58. The summed E-state index contributed by atoms with van der Waals surface area (Å²) in [6.07, 6.45) is -1.01. The van der Waals surface area contributed by atoms with Crippen molar-refractivity contribution in [1.29, 1.82) is 0 Å². The molecule has 0 aliphatic carbocycles. The molecule has 2 N–H and O–H groups in total. The van der Waals surface area contributed by atoms with E-state index in [9.17, 15) is 13.6 Å². The quantitative estimate of drug-likeness (QED) is 0.653. The van der Waals surface area contributed by atoms with Crippen LogP contribution in [-0.2, 0) is 11.3 Å². The minimum Gasteiger partial charge on any atom is -0.383 e. The fraction of sp³-hybridized carbons (Fsp3) is 0.583. The van der Waals surface area contributed by atoms with Crippen molar-refractivity contribution < 1.29 is 18.3 Å². The van der Waals surface area contributed by atoms with E-state index in [1.807, 2.05) is 0 Å². The van der Waals surface area contributed by atoms with Crippen LogP contribution in [0.2, 0.25) is 0 Å². The zero-order valence-corrected chi connectivity index (χ0v) is 10.9. The molecule has 108 valence electrons. The Balaban J connectivity index is 2.31. The average molecular weight is 275 g/mol. The molecule has 1 rings (SSSR count). The molecule has 1 amide bonds. The first kappa shape index (κ1) is 15.6. The lowest BCUT2D eigenvalue weighted by Crippen LogP contribution is -2.34. The van der Waals surface area contributed by atoms with Gasteiger partial charge in [-0.1, -0.05) is 0 Å². The maximum Gasteiger partial charge on any atom is 0.267 e. The Morgan fingerprint density at radius 3 is 2.89 bits per heavy atom. The van der Waals surface area contributed by atoms with E-state index in [-0.39, 0.29) is 11.6 Å². The van der Waals surface area contributed by atoms with Crippen LogP contribution in [0.1, 0.15) is 10.5 Å². The van der Waals surface area contributed by atoms with Crippen LogP contribution in [0.3, 0.4) is 0 Å². The zero-order chi connectivity index (χ0) is 14.1. The summed E-state index contributed by atoms with van der Waals surface area (Å²) in [6.45, 7) is 1.87. The lowest BCUT2D eigenvalue weighted by molar-refractivity contribution is 0.0930. The molecule has 1 heterocycles. The number of methoxy groups -OCH3 is 1. The fourth-order valence-electron chi connectivity index (χ4n) is 1.58. The summed E-state index contributed by atoms with van der Waals surface area (Å²) in [7, 11) is 1.61. The molecule has 19 heavy (non-hydrogen) atoms. The van der Waals surface area contributed by atoms with Crippen LogP contribution < -0.4 is 10.6 Å². The highest BCUT2D eigenvalue weighted by Gasteiger charge is 2.13. The minimum absolute atomic E-state index is 0.247. The molecule has 0 saturated carbocycles. The summed E-state index contributed by atoms with van der Waals surface area (Å²) < 4.78 is 30.7. The molecule has 0 aliphatic heterocycles. The van der Waals surface area contributed by atoms with Gasteiger partial charge in [0.2, 0.25) is 0 Å². The van der Waals surface area contributed by atoms with Crippen molar-refractivity contribution in [2.24, 2.45) is 0 Å². The number of aromatic nitrogens is 1. The van der Waals surface area contributed by atoms with Crippen molar-refractivity contribution >= 4 is 5.91 Å². The van der Waals surface area contributed by atoms with E-state index < -0.39 is 13.0 Å². The second-order valence-electron chi connectivity index (χ2n) is 3.94. The smallest absolute Gasteiger partial charge is 0.267 e. The Hall–Kier alpha value is -1.47. The van der Waals surface area contributed by atoms with Crippen LogP contribution in [0.5, 0.6) is 0 Å². The van der Waals surface area contributed by atoms with Gasteiger partial charge in [-0.05, 0) is 12.1 Å². The van der Waals surface area contributed by atoms with E-state index in [2.05, 4.69) is 10.6 Å². The average Bonchev–Trinajstić information content (AvgIpc) is 2.80. The molecule has 0 fully saturated rings. The summed E-state index contributed by atoms with van der Waals surface area (Å²) in [5.41, 5.74) is 0.247. The molecule has 5 nitrogen and oxygen atoms in total. The standard InChI is InChI=1S/C12H19F2N3O2/c1-19-8-6-15-4-5-16-12(18)10-3-2-7-17(10)9-11(13)14/h2-3,7,11,15H,4-6,8-9H2,1H3,(H,16,18). The SMILES string of the molecule is COCCNCCNC(=O)c1cccn1CC(F)F. The molecule has 0 saturated heterocycles. The van der Waals surface area contributed by atoms with E-state index in [0.717, 1.165) is 0 Å². The highest BCUT2D eigenvalue weighted by Crippen LogP contribution is 2.06. The predicted molar refractivity (Wildman–Crippen MR) is 67.5 cm³/mol. The van der Waals surface area contributed by atoms with Gasteiger partial charge in [-0.25, -0.2) is 8.78 Å². The molecular weight excluding hydrogens is 256 g/mol. The number of alkyl halides is 2. The zero-order valence-electron chi connectivity index (χ0n) is 10.9. The Morgan fingerprint density at radius 1 is 1.42 bits per heavy atom. The number of rotatable bonds is 9. The Kier molecular flexibility index (Phi) is 7.06. The van der Waals surface area contributed by atoms with Gasteiger partial charge in [-0.15, -0.1) is 0 Å². The van der Waals surface area contributed by atoms with Crippen LogP contribution in [0.15, 0.2) is 18.3 Å². The van der Waals surface area contributed by atoms with Gasteiger partial charge in [0.25, 0.3) is 12.3 Å². The molecular formula is C12H19F2N3O2. The van der Waals surface area contributed by atoms with Gasteiger partial charge in [-0.2, -0.15) is 0 Å². The number of halogens is 2. The van der Waals surface area contributed by atoms with Crippen molar-refractivity contribution in [2.45, 2.75) is 13.0 Å². The Bertz CT molecular complexity index is 383. The van der Waals surface area contributed by atoms with Crippen LogP contribution in [0, 0.1) is 0 Å². The molecule has 0 unspecified atom stereocenters. The number of nitrogens with one attached hydrogen (secondary N) is 2. The summed E-state index contributed by atoms with van der Waals surface area (Å²) in [6, 6.07) is 3.10. The van der Waals surface area contributed by atoms with Gasteiger partial charge in [0.15, 0.2) is 0 Å². The monoisotopic (exact) mass is 275 g/mol. The topological polar surface area (TPSA) is 55.3 Å². The van der Waals surface area contributed by atoms with Gasteiger partial charge < -0.3 is 19.9 Å². The van der Waals surface area contributed by atoms with Crippen molar-refractivity contribution in [3.05, 3.63) is 24.0 Å². The molecule has 0 atom stereocenters. The maximum atomic E-state index is 12.3. The third-order valence-corrected chi connectivity index (χ3v) is 2.47. The third kappa shape index (κ3) is 5.80. The summed E-state index contributed by atoms with van der Waals surface area (Å²) in [5, 5.41) is 5.73. The molecule has 1 aromatic heterocycles. The number of amides is 1. The molecule has 0 bridgehead atoms. The Morgan fingerprint density at radius 2 is 2.21 bits per heavy atom. The summed E-state index contributed by atoms with van der Waals surface area (Å²) >= 11 is 0. The van der Waals surface area contributed by atoms with E-state index in [1.165, 1.54) is 16.8 Å². The first-order valence-electron chi connectivity index (χ1n) is 6.06. The molecule has 0 aliphatic rings. The third-order valence-electron chi connectivity index (χ3n) is 2.47. The first-order chi connectivity index (χ1) is 9.15. The van der Waals surface area contributed by atoms with Crippen molar-refractivity contribution in [1.82, 2.24) is 15.2 Å². The highest BCUT2D eigenvalue weighted by atomic mass is 19.3. The summed E-state index contributed by atoms with van der Waals surface area (Å²) in [5.74, 6) is -0.348. The van der Waals surface area contributed by atoms with Gasteiger partial charge >= 0.3 is 0 Å². The van der Waals surface area contributed by atoms with Gasteiger partial charge in [0.1, 0.15) is 5.69 Å².